The summed E-state index contributed by atoms with van der Waals surface area (Å²) in [6, 6.07) is 0.722. The summed E-state index contributed by atoms with van der Waals surface area (Å²) in [5.74, 6) is 0.193. The molecule has 5 nitrogen and oxygen atoms in total. The van der Waals surface area contributed by atoms with Gasteiger partial charge in [0.1, 0.15) is 11.9 Å². The second-order valence-electron chi connectivity index (χ2n) is 5.21. The van der Waals surface area contributed by atoms with Crippen molar-refractivity contribution in [3.8, 4) is 0 Å². The van der Waals surface area contributed by atoms with E-state index in [2.05, 4.69) is 4.98 Å². The molecule has 0 saturated carbocycles. The SMILES string of the molecule is O=C([C@H]1CSCN1C(=O)c1cncc(F)c1)N1CCCC1. The maximum atomic E-state index is 13.2. The molecule has 1 atom stereocenters. The van der Waals surface area contributed by atoms with Gasteiger partial charge in [-0.3, -0.25) is 14.6 Å². The number of amides is 2. The number of hydrogen-bond acceptors (Lipinski definition) is 4. The number of carbonyl (C=O) groups excluding carboxylic acids is 2. The van der Waals surface area contributed by atoms with Crippen LogP contribution in [0, 0.1) is 5.82 Å². The minimum atomic E-state index is -0.546. The Hall–Kier alpha value is -1.63. The molecule has 2 amide bonds. The lowest BCUT2D eigenvalue weighted by molar-refractivity contribution is -0.133. The zero-order valence-corrected chi connectivity index (χ0v) is 12.3. The number of rotatable bonds is 2. The minimum Gasteiger partial charge on any atom is -0.341 e. The standard InChI is InChI=1S/C14H16FN3O2S/c15-11-5-10(6-16-7-11)13(19)18-9-21-8-12(18)14(20)17-3-1-2-4-17/h5-7,12H,1-4,8-9H2/t12-/m1/s1. The van der Waals surface area contributed by atoms with E-state index in [1.165, 1.54) is 11.1 Å². The fraction of sp³-hybridized carbons (Fsp3) is 0.500. The second kappa shape index (κ2) is 6.01. The van der Waals surface area contributed by atoms with Crippen molar-refractivity contribution in [2.24, 2.45) is 0 Å². The molecular formula is C14H16FN3O2S. The summed E-state index contributed by atoms with van der Waals surface area (Å²) in [5.41, 5.74) is 0.191. The molecule has 0 radical (unpaired) electrons. The van der Waals surface area contributed by atoms with Crippen LogP contribution in [0.1, 0.15) is 23.2 Å². The van der Waals surface area contributed by atoms with Crippen LogP contribution in [0.3, 0.4) is 0 Å². The van der Waals surface area contributed by atoms with Gasteiger partial charge in [-0.15, -0.1) is 11.8 Å². The Labute approximate surface area is 126 Å². The zero-order valence-electron chi connectivity index (χ0n) is 11.5. The van der Waals surface area contributed by atoms with Gasteiger partial charge in [0.25, 0.3) is 5.91 Å². The first kappa shape index (κ1) is 14.3. The smallest absolute Gasteiger partial charge is 0.256 e. The van der Waals surface area contributed by atoms with Crippen LogP contribution >= 0.6 is 11.8 Å². The molecular weight excluding hydrogens is 293 g/mol. The van der Waals surface area contributed by atoms with Crippen molar-refractivity contribution in [2.45, 2.75) is 18.9 Å². The van der Waals surface area contributed by atoms with E-state index in [0.717, 1.165) is 38.2 Å². The molecule has 112 valence electrons. The third-order valence-corrected chi connectivity index (χ3v) is 4.81. The molecule has 1 aromatic heterocycles. The molecule has 2 aliphatic rings. The first-order chi connectivity index (χ1) is 10.2. The van der Waals surface area contributed by atoms with E-state index in [9.17, 15) is 14.0 Å². The highest BCUT2D eigenvalue weighted by Crippen LogP contribution is 2.25. The normalized spacial score (nSPS) is 21.9. The Morgan fingerprint density at radius 2 is 2.05 bits per heavy atom. The molecule has 0 spiro atoms. The highest BCUT2D eigenvalue weighted by atomic mass is 32.2. The van der Waals surface area contributed by atoms with Gasteiger partial charge in [-0.1, -0.05) is 0 Å². The molecule has 2 aliphatic heterocycles. The second-order valence-corrected chi connectivity index (χ2v) is 6.21. The van der Waals surface area contributed by atoms with Crippen molar-refractivity contribution in [1.29, 1.82) is 0 Å². The quantitative estimate of drug-likeness (QED) is 0.828. The van der Waals surface area contributed by atoms with Crippen molar-refractivity contribution in [1.82, 2.24) is 14.8 Å². The lowest BCUT2D eigenvalue weighted by Crippen LogP contribution is -2.48. The van der Waals surface area contributed by atoms with E-state index in [-0.39, 0.29) is 17.4 Å². The van der Waals surface area contributed by atoms with Crippen LogP contribution in [0.5, 0.6) is 0 Å². The number of carbonyl (C=O) groups is 2. The molecule has 2 fully saturated rings. The average Bonchev–Trinajstić information content (AvgIpc) is 3.17. The van der Waals surface area contributed by atoms with Gasteiger partial charge in [-0.05, 0) is 18.9 Å². The predicted octanol–water partition coefficient (Wildman–Crippen LogP) is 1.36. The van der Waals surface area contributed by atoms with Gasteiger partial charge >= 0.3 is 0 Å². The number of likely N-dealkylation sites (tertiary alicyclic amines) is 1. The minimum absolute atomic E-state index is 0.00946. The highest BCUT2D eigenvalue weighted by molar-refractivity contribution is 7.99. The number of pyridine rings is 1. The van der Waals surface area contributed by atoms with E-state index in [0.29, 0.717) is 11.6 Å². The van der Waals surface area contributed by atoms with Gasteiger partial charge in [-0.2, -0.15) is 0 Å². The van der Waals surface area contributed by atoms with Crippen molar-refractivity contribution < 1.29 is 14.0 Å². The third-order valence-electron chi connectivity index (χ3n) is 3.80. The largest absolute Gasteiger partial charge is 0.341 e. The van der Waals surface area contributed by atoms with Gasteiger partial charge in [0.15, 0.2) is 0 Å². The number of nitrogens with zero attached hydrogens (tertiary/aromatic N) is 3. The van der Waals surface area contributed by atoms with Crippen LogP contribution in [0.25, 0.3) is 0 Å². The van der Waals surface area contributed by atoms with Gasteiger partial charge in [0.05, 0.1) is 17.6 Å². The van der Waals surface area contributed by atoms with E-state index in [1.54, 1.807) is 11.8 Å². The van der Waals surface area contributed by atoms with Crippen LogP contribution < -0.4 is 0 Å². The van der Waals surface area contributed by atoms with Crippen LogP contribution in [-0.2, 0) is 4.79 Å². The van der Waals surface area contributed by atoms with Crippen LogP contribution in [0.15, 0.2) is 18.5 Å². The van der Waals surface area contributed by atoms with Crippen LogP contribution in [0.4, 0.5) is 4.39 Å². The Morgan fingerprint density at radius 3 is 2.76 bits per heavy atom. The van der Waals surface area contributed by atoms with Gasteiger partial charge in [0.2, 0.25) is 5.91 Å². The molecule has 0 aliphatic carbocycles. The third kappa shape index (κ3) is 2.88. The number of hydrogen-bond donors (Lipinski definition) is 0. The molecule has 3 heterocycles. The highest BCUT2D eigenvalue weighted by Gasteiger charge is 2.38. The molecule has 7 heteroatoms. The Kier molecular flexibility index (Phi) is 4.10. The summed E-state index contributed by atoms with van der Waals surface area (Å²) >= 11 is 1.55. The predicted molar refractivity (Wildman–Crippen MR) is 77.3 cm³/mol. The summed E-state index contributed by atoms with van der Waals surface area (Å²) in [4.78, 5) is 32.0. The van der Waals surface area contributed by atoms with Crippen molar-refractivity contribution in [3.63, 3.8) is 0 Å². The summed E-state index contributed by atoms with van der Waals surface area (Å²) in [6.07, 6.45) is 4.44. The summed E-state index contributed by atoms with van der Waals surface area (Å²) in [7, 11) is 0. The molecule has 0 aromatic carbocycles. The molecule has 0 N–H and O–H groups in total. The van der Waals surface area contributed by atoms with E-state index in [4.69, 9.17) is 0 Å². The Morgan fingerprint density at radius 1 is 1.29 bits per heavy atom. The Bertz CT molecular complexity index is 563. The summed E-state index contributed by atoms with van der Waals surface area (Å²) in [6.45, 7) is 1.53. The molecule has 3 rings (SSSR count). The molecule has 2 saturated heterocycles. The zero-order chi connectivity index (χ0) is 14.8. The first-order valence-electron chi connectivity index (χ1n) is 6.95. The average molecular weight is 309 g/mol. The monoisotopic (exact) mass is 309 g/mol. The topological polar surface area (TPSA) is 53.5 Å². The van der Waals surface area contributed by atoms with Crippen LogP contribution in [-0.4, -0.2) is 57.4 Å². The molecule has 0 bridgehead atoms. The Balaban J connectivity index is 1.77. The van der Waals surface area contributed by atoms with E-state index >= 15 is 0 Å². The molecule has 1 aromatic rings. The summed E-state index contributed by atoms with van der Waals surface area (Å²) in [5, 5.41) is 0. The lowest BCUT2D eigenvalue weighted by Gasteiger charge is -2.27. The van der Waals surface area contributed by atoms with Crippen molar-refractivity contribution >= 4 is 23.6 Å². The van der Waals surface area contributed by atoms with Gasteiger partial charge in [0, 0.05) is 25.0 Å². The van der Waals surface area contributed by atoms with E-state index < -0.39 is 11.9 Å². The van der Waals surface area contributed by atoms with Crippen molar-refractivity contribution in [3.05, 3.63) is 29.8 Å². The summed E-state index contributed by atoms with van der Waals surface area (Å²) < 4.78 is 13.2. The lowest BCUT2D eigenvalue weighted by atomic mass is 10.2. The van der Waals surface area contributed by atoms with E-state index in [1.807, 2.05) is 4.90 Å². The molecule has 21 heavy (non-hydrogen) atoms. The van der Waals surface area contributed by atoms with Gasteiger partial charge < -0.3 is 9.80 Å². The first-order valence-corrected chi connectivity index (χ1v) is 8.10. The molecule has 0 unspecified atom stereocenters. The van der Waals surface area contributed by atoms with Gasteiger partial charge in [-0.25, -0.2) is 4.39 Å². The number of aromatic nitrogens is 1. The maximum Gasteiger partial charge on any atom is 0.256 e. The fourth-order valence-electron chi connectivity index (χ4n) is 2.69. The number of halogens is 1. The van der Waals surface area contributed by atoms with Crippen molar-refractivity contribution in [2.75, 3.05) is 24.7 Å². The number of thioether (sulfide) groups is 1. The maximum absolute atomic E-state index is 13.2. The fourth-order valence-corrected chi connectivity index (χ4v) is 3.84. The van der Waals surface area contributed by atoms with Crippen LogP contribution in [0.2, 0.25) is 0 Å².